The summed E-state index contributed by atoms with van der Waals surface area (Å²) in [5.74, 6) is -0.116. The van der Waals surface area contributed by atoms with Crippen molar-refractivity contribution in [3.8, 4) is 0 Å². The average Bonchev–Trinajstić information content (AvgIpc) is 3.11. The smallest absolute Gasteiger partial charge is 0.180 e. The lowest BCUT2D eigenvalue weighted by Gasteiger charge is -2.27. The van der Waals surface area contributed by atoms with Crippen molar-refractivity contribution in [3.63, 3.8) is 0 Å². The van der Waals surface area contributed by atoms with Crippen molar-refractivity contribution >= 4 is 17.2 Å². The Morgan fingerprint density at radius 1 is 1.30 bits per heavy atom. The van der Waals surface area contributed by atoms with Crippen molar-refractivity contribution < 1.29 is 8.78 Å². The van der Waals surface area contributed by atoms with Gasteiger partial charge in [0.1, 0.15) is 17.5 Å². The van der Waals surface area contributed by atoms with Crippen molar-refractivity contribution in [1.82, 2.24) is 14.6 Å². The molecule has 1 atom stereocenters. The maximum Gasteiger partial charge on any atom is 0.180 e. The number of benzene rings is 1. The highest BCUT2D eigenvalue weighted by Gasteiger charge is 2.28. The van der Waals surface area contributed by atoms with E-state index in [9.17, 15) is 8.78 Å². The summed E-state index contributed by atoms with van der Waals surface area (Å²) in [5, 5.41) is 4.15. The molecule has 2 N–H and O–H groups in total. The third kappa shape index (κ3) is 2.11. The second-order valence-corrected chi connectivity index (χ2v) is 5.74. The lowest BCUT2D eigenvalue weighted by atomic mass is 10.1. The van der Waals surface area contributed by atoms with E-state index in [2.05, 4.69) is 10.1 Å². The normalized spacial score (nSPS) is 15.2. The molecule has 0 saturated carbocycles. The van der Waals surface area contributed by atoms with E-state index < -0.39 is 11.6 Å². The zero-order valence-electron chi connectivity index (χ0n) is 12.5. The molecule has 1 aliphatic heterocycles. The first-order valence-electron chi connectivity index (χ1n) is 7.39. The number of nitrogen functional groups attached to an aromatic ring is 1. The highest BCUT2D eigenvalue weighted by molar-refractivity contribution is 5.68. The maximum atomic E-state index is 14.1. The lowest BCUT2D eigenvalue weighted by molar-refractivity contribution is 0.559. The molecule has 0 fully saturated rings. The number of fused-ring (bicyclic) bond motifs is 2. The maximum absolute atomic E-state index is 14.1. The van der Waals surface area contributed by atoms with Gasteiger partial charge in [0.2, 0.25) is 0 Å². The van der Waals surface area contributed by atoms with Crippen LogP contribution in [0.4, 0.5) is 20.3 Å². The molecule has 1 aliphatic rings. The molecular formula is C16H15F2N5. The number of hydrogen-bond donors (Lipinski definition) is 1. The Labute approximate surface area is 131 Å². The van der Waals surface area contributed by atoms with Gasteiger partial charge in [0, 0.05) is 23.9 Å². The van der Waals surface area contributed by atoms with Crippen LogP contribution in [-0.4, -0.2) is 21.1 Å². The van der Waals surface area contributed by atoms with Crippen LogP contribution in [-0.2, 0) is 6.42 Å². The molecule has 3 aromatic rings. The fourth-order valence-corrected chi connectivity index (χ4v) is 3.11. The summed E-state index contributed by atoms with van der Waals surface area (Å²) in [7, 11) is 0. The minimum atomic E-state index is -0.448. The molecule has 118 valence electrons. The molecule has 5 nitrogen and oxygen atoms in total. The molecule has 23 heavy (non-hydrogen) atoms. The van der Waals surface area contributed by atoms with Crippen LogP contribution >= 0.6 is 0 Å². The van der Waals surface area contributed by atoms with Crippen LogP contribution in [0.25, 0.3) is 5.65 Å². The molecule has 3 heterocycles. The minimum absolute atomic E-state index is 0.320. The molecule has 0 bridgehead atoms. The van der Waals surface area contributed by atoms with Crippen LogP contribution in [0.1, 0.15) is 24.1 Å². The molecule has 1 unspecified atom stereocenters. The van der Waals surface area contributed by atoms with E-state index in [1.165, 1.54) is 6.07 Å². The number of hydrogen-bond acceptors (Lipinski definition) is 4. The molecular weight excluding hydrogens is 300 g/mol. The number of rotatable bonds is 2. The second-order valence-electron chi connectivity index (χ2n) is 5.74. The summed E-state index contributed by atoms with van der Waals surface area (Å²) in [5.41, 5.74) is 8.27. The molecule has 0 radical (unpaired) electrons. The fourth-order valence-electron chi connectivity index (χ4n) is 3.11. The lowest BCUT2D eigenvalue weighted by Crippen LogP contribution is -2.26. The van der Waals surface area contributed by atoms with Gasteiger partial charge in [-0.05, 0) is 31.5 Å². The van der Waals surface area contributed by atoms with Gasteiger partial charge in [0.25, 0.3) is 0 Å². The van der Waals surface area contributed by atoms with Gasteiger partial charge in [-0.25, -0.2) is 18.3 Å². The average molecular weight is 315 g/mol. The van der Waals surface area contributed by atoms with Gasteiger partial charge in [-0.2, -0.15) is 5.10 Å². The molecule has 0 saturated heterocycles. The Morgan fingerprint density at radius 3 is 2.96 bits per heavy atom. The first-order valence-corrected chi connectivity index (χ1v) is 7.39. The largest absolute Gasteiger partial charge is 0.394 e. The summed E-state index contributed by atoms with van der Waals surface area (Å²) in [6.45, 7) is 2.53. The number of nitrogens with zero attached hydrogens (tertiary/aromatic N) is 4. The van der Waals surface area contributed by atoms with Crippen LogP contribution in [0, 0.1) is 11.6 Å². The second kappa shape index (κ2) is 4.91. The van der Waals surface area contributed by atoms with Crippen molar-refractivity contribution in [2.24, 2.45) is 0 Å². The van der Waals surface area contributed by atoms with E-state index in [1.807, 2.05) is 18.0 Å². The van der Waals surface area contributed by atoms with Gasteiger partial charge in [-0.3, -0.25) is 0 Å². The summed E-state index contributed by atoms with van der Waals surface area (Å²) in [4.78, 5) is 6.55. The van der Waals surface area contributed by atoms with Crippen LogP contribution in [0.15, 0.2) is 30.6 Å². The third-order valence-corrected chi connectivity index (χ3v) is 4.34. The fraction of sp³-hybridized carbons (Fsp3) is 0.250. The van der Waals surface area contributed by atoms with Crippen molar-refractivity contribution in [3.05, 3.63) is 53.4 Å². The zero-order chi connectivity index (χ0) is 16.1. The Balaban J connectivity index is 1.79. The molecule has 0 amide bonds. The molecule has 1 aromatic carbocycles. The van der Waals surface area contributed by atoms with Gasteiger partial charge in [0.15, 0.2) is 5.65 Å². The summed E-state index contributed by atoms with van der Waals surface area (Å²) >= 11 is 0. The van der Waals surface area contributed by atoms with E-state index in [4.69, 9.17) is 5.73 Å². The van der Waals surface area contributed by atoms with E-state index in [1.54, 1.807) is 10.7 Å². The molecule has 7 heteroatoms. The topological polar surface area (TPSA) is 59.5 Å². The zero-order valence-corrected chi connectivity index (χ0v) is 12.5. The van der Waals surface area contributed by atoms with Gasteiger partial charge in [-0.15, -0.1) is 0 Å². The first kappa shape index (κ1) is 13.9. The molecule has 0 aliphatic carbocycles. The van der Waals surface area contributed by atoms with Crippen LogP contribution in [0.2, 0.25) is 0 Å². The highest BCUT2D eigenvalue weighted by Crippen LogP contribution is 2.35. The number of aromatic nitrogens is 3. The Kier molecular flexibility index (Phi) is 2.97. The third-order valence-electron chi connectivity index (χ3n) is 4.34. The van der Waals surface area contributed by atoms with E-state index in [0.29, 0.717) is 23.4 Å². The van der Waals surface area contributed by atoms with Crippen LogP contribution < -0.4 is 10.6 Å². The van der Waals surface area contributed by atoms with Crippen molar-refractivity contribution in [2.45, 2.75) is 19.4 Å². The van der Waals surface area contributed by atoms with Gasteiger partial charge < -0.3 is 10.6 Å². The molecule has 2 aromatic heterocycles. The molecule has 0 spiro atoms. The van der Waals surface area contributed by atoms with E-state index >= 15 is 0 Å². The van der Waals surface area contributed by atoms with Crippen molar-refractivity contribution in [1.29, 1.82) is 0 Å². The number of halogens is 2. The highest BCUT2D eigenvalue weighted by atomic mass is 19.1. The molecule has 4 rings (SSSR count). The summed E-state index contributed by atoms with van der Waals surface area (Å²) < 4.78 is 29.2. The first-order chi connectivity index (χ1) is 11.0. The Hall–Kier alpha value is -2.70. The van der Waals surface area contributed by atoms with E-state index in [-0.39, 0.29) is 6.04 Å². The predicted molar refractivity (Wildman–Crippen MR) is 83.2 cm³/mol. The Morgan fingerprint density at radius 2 is 2.13 bits per heavy atom. The van der Waals surface area contributed by atoms with Gasteiger partial charge in [0.05, 0.1) is 17.9 Å². The van der Waals surface area contributed by atoms with Gasteiger partial charge in [-0.1, -0.05) is 0 Å². The monoisotopic (exact) mass is 315 g/mol. The SMILES string of the molecule is CC(c1cc(F)ccc1F)N1CCc2cn3ncc(N)c3nc21. The van der Waals surface area contributed by atoms with Crippen molar-refractivity contribution in [2.75, 3.05) is 17.2 Å². The Bertz CT molecular complexity index is 905. The predicted octanol–water partition coefficient (Wildman–Crippen LogP) is 2.71. The summed E-state index contributed by atoms with van der Waals surface area (Å²) in [6, 6.07) is 3.19. The van der Waals surface area contributed by atoms with E-state index in [0.717, 1.165) is 29.9 Å². The number of nitrogens with two attached hydrogens (primary N) is 1. The summed E-state index contributed by atoms with van der Waals surface area (Å²) in [6.07, 6.45) is 4.22. The van der Waals surface area contributed by atoms with Crippen LogP contribution in [0.3, 0.4) is 0 Å². The standard InChI is InChI=1S/C16H15F2N5/c1-9(12-6-11(17)2-3-13(12)18)22-5-4-10-8-23-16(21-15(10)22)14(19)7-20-23/h2-3,6-9H,4-5,19H2,1H3. The van der Waals surface area contributed by atoms with Crippen LogP contribution in [0.5, 0.6) is 0 Å². The quantitative estimate of drug-likeness (QED) is 0.790. The van der Waals surface area contributed by atoms with Gasteiger partial charge >= 0.3 is 0 Å². The number of anilines is 2. The minimum Gasteiger partial charge on any atom is -0.394 e.